The maximum absolute atomic E-state index is 13.3. The molecule has 0 saturated carbocycles. The predicted molar refractivity (Wildman–Crippen MR) is 153 cm³/mol. The maximum atomic E-state index is 13.3. The summed E-state index contributed by atoms with van der Waals surface area (Å²) in [7, 11) is 1.62. The van der Waals surface area contributed by atoms with Gasteiger partial charge in [-0.15, -0.1) is 0 Å². The molecule has 0 bridgehead atoms. The van der Waals surface area contributed by atoms with E-state index >= 15 is 0 Å². The topological polar surface area (TPSA) is 84.2 Å². The van der Waals surface area contributed by atoms with Gasteiger partial charge in [0.15, 0.2) is 0 Å². The molecule has 0 fully saturated rings. The van der Waals surface area contributed by atoms with Gasteiger partial charge in [-0.25, -0.2) is 4.98 Å². The number of pyridine rings is 1. The lowest BCUT2D eigenvalue weighted by Gasteiger charge is -2.18. The van der Waals surface area contributed by atoms with Crippen LogP contribution in [-0.4, -0.2) is 29.9 Å². The van der Waals surface area contributed by atoms with Crippen LogP contribution in [-0.2, 0) is 4.79 Å². The molecule has 0 aliphatic rings. The Kier molecular flexibility index (Phi) is 9.02. The molecule has 1 atom stereocenters. The van der Waals surface area contributed by atoms with Crippen molar-refractivity contribution in [2.75, 3.05) is 19.0 Å². The van der Waals surface area contributed by atoms with Crippen LogP contribution < -0.4 is 14.8 Å². The quantitative estimate of drug-likeness (QED) is 0.221. The fraction of sp³-hybridized carbons (Fsp3) is 0.194. The van der Waals surface area contributed by atoms with Gasteiger partial charge in [-0.05, 0) is 61.4 Å². The number of amides is 1. The Morgan fingerprint density at radius 1 is 0.974 bits per heavy atom. The van der Waals surface area contributed by atoms with Gasteiger partial charge in [0.25, 0.3) is 0 Å². The Bertz CT molecular complexity index is 1420. The summed E-state index contributed by atoms with van der Waals surface area (Å²) in [6.07, 6.45) is 0.563. The van der Waals surface area contributed by atoms with Gasteiger partial charge in [0, 0.05) is 16.8 Å². The number of aromatic nitrogens is 1. The molecular weight excluding hydrogens is 494 g/mol. The molecule has 4 aromatic rings. The van der Waals surface area contributed by atoms with E-state index in [0.717, 1.165) is 33.9 Å². The van der Waals surface area contributed by atoms with Crippen LogP contribution in [0.25, 0.3) is 22.4 Å². The van der Waals surface area contributed by atoms with Crippen LogP contribution in [0.3, 0.4) is 0 Å². The van der Waals surface area contributed by atoms with E-state index in [2.05, 4.69) is 11.4 Å². The van der Waals surface area contributed by atoms with E-state index in [1.165, 1.54) is 11.8 Å². The van der Waals surface area contributed by atoms with E-state index in [1.807, 2.05) is 98.8 Å². The number of nitriles is 1. The first-order valence-electron chi connectivity index (χ1n) is 12.4. The standard InChI is InChI=1S/C31H29N3O3S/c1-4-29(30(35)33-23-13-17-25(18-14-23)37-5-2)38-31-27(20-32)26(21-11-15-24(36-3)16-12-21)19-28(34-31)22-9-7-6-8-10-22/h6-19,29H,4-5H2,1-3H3,(H,33,35). The summed E-state index contributed by atoms with van der Waals surface area (Å²) in [4.78, 5) is 18.1. The van der Waals surface area contributed by atoms with E-state index in [1.54, 1.807) is 7.11 Å². The third kappa shape index (κ3) is 6.34. The lowest BCUT2D eigenvalue weighted by Crippen LogP contribution is -2.24. The number of benzene rings is 3. The van der Waals surface area contributed by atoms with E-state index in [0.29, 0.717) is 29.3 Å². The van der Waals surface area contributed by atoms with Crippen LogP contribution in [0.5, 0.6) is 11.5 Å². The van der Waals surface area contributed by atoms with Crippen LogP contribution in [0.1, 0.15) is 25.8 Å². The summed E-state index contributed by atoms with van der Waals surface area (Å²) in [5.41, 5.74) is 4.42. The SMILES string of the molecule is CCOc1ccc(NC(=O)C(CC)Sc2nc(-c3ccccc3)cc(-c3ccc(OC)cc3)c2C#N)cc1. The average molecular weight is 524 g/mol. The van der Waals surface area contributed by atoms with E-state index < -0.39 is 5.25 Å². The van der Waals surface area contributed by atoms with Crippen LogP contribution in [0.2, 0.25) is 0 Å². The lowest BCUT2D eigenvalue weighted by atomic mass is 9.99. The Balaban J connectivity index is 1.69. The smallest absolute Gasteiger partial charge is 0.237 e. The van der Waals surface area contributed by atoms with Crippen molar-refractivity contribution in [3.63, 3.8) is 0 Å². The Morgan fingerprint density at radius 2 is 1.66 bits per heavy atom. The summed E-state index contributed by atoms with van der Waals surface area (Å²) in [5, 5.41) is 13.3. The number of nitrogens with one attached hydrogen (secondary N) is 1. The first-order chi connectivity index (χ1) is 18.6. The number of nitrogens with zero attached hydrogens (tertiary/aromatic N) is 2. The first-order valence-corrected chi connectivity index (χ1v) is 13.3. The minimum absolute atomic E-state index is 0.150. The second-order valence-corrected chi connectivity index (χ2v) is 9.59. The Morgan fingerprint density at radius 3 is 2.26 bits per heavy atom. The van der Waals surface area contributed by atoms with Gasteiger partial charge in [0.2, 0.25) is 5.91 Å². The number of anilines is 1. The highest BCUT2D eigenvalue weighted by Gasteiger charge is 2.23. The zero-order valence-electron chi connectivity index (χ0n) is 21.6. The molecule has 4 rings (SSSR count). The molecule has 1 heterocycles. The molecule has 0 saturated heterocycles. The number of carbonyl (C=O) groups is 1. The van der Waals surface area contributed by atoms with Crippen LogP contribution in [0, 0.1) is 11.3 Å². The predicted octanol–water partition coefficient (Wildman–Crippen LogP) is 7.20. The minimum Gasteiger partial charge on any atom is -0.497 e. The van der Waals surface area contributed by atoms with Crippen molar-refractivity contribution >= 4 is 23.4 Å². The highest BCUT2D eigenvalue weighted by molar-refractivity contribution is 8.00. The number of methoxy groups -OCH3 is 1. The molecule has 7 heteroatoms. The molecule has 192 valence electrons. The Hall–Kier alpha value is -4.28. The molecule has 0 aliphatic heterocycles. The molecule has 0 radical (unpaired) electrons. The van der Waals surface area contributed by atoms with E-state index in [-0.39, 0.29) is 5.91 Å². The first kappa shape index (κ1) is 26.8. The molecular formula is C31H29N3O3S. The molecule has 0 aliphatic carbocycles. The number of rotatable bonds is 10. The van der Waals surface area contributed by atoms with Crippen molar-refractivity contribution in [2.24, 2.45) is 0 Å². The average Bonchev–Trinajstić information content (AvgIpc) is 2.97. The molecule has 6 nitrogen and oxygen atoms in total. The van der Waals surface area contributed by atoms with E-state index in [4.69, 9.17) is 14.5 Å². The number of ether oxygens (including phenoxy) is 2. The van der Waals surface area contributed by atoms with Gasteiger partial charge in [0.1, 0.15) is 22.6 Å². The summed E-state index contributed by atoms with van der Waals surface area (Å²) < 4.78 is 10.8. The van der Waals surface area contributed by atoms with Gasteiger partial charge in [-0.1, -0.05) is 61.2 Å². The number of hydrogen-bond donors (Lipinski definition) is 1. The zero-order valence-corrected chi connectivity index (χ0v) is 22.4. The van der Waals surface area contributed by atoms with E-state index in [9.17, 15) is 10.1 Å². The van der Waals surface area contributed by atoms with Gasteiger partial charge in [-0.2, -0.15) is 5.26 Å². The molecule has 1 amide bonds. The molecule has 1 N–H and O–H groups in total. The lowest BCUT2D eigenvalue weighted by molar-refractivity contribution is -0.115. The van der Waals surface area contributed by atoms with Gasteiger partial charge >= 0.3 is 0 Å². The summed E-state index contributed by atoms with van der Waals surface area (Å²) in [6, 6.07) is 29.0. The number of hydrogen-bond acceptors (Lipinski definition) is 6. The van der Waals surface area contributed by atoms with Crippen molar-refractivity contribution < 1.29 is 14.3 Å². The largest absolute Gasteiger partial charge is 0.497 e. The van der Waals surface area contributed by atoms with Crippen molar-refractivity contribution in [1.82, 2.24) is 4.98 Å². The molecule has 38 heavy (non-hydrogen) atoms. The van der Waals surface area contributed by atoms with Crippen molar-refractivity contribution in [3.8, 4) is 40.0 Å². The number of carbonyl (C=O) groups excluding carboxylic acids is 1. The van der Waals surface area contributed by atoms with Crippen molar-refractivity contribution in [1.29, 1.82) is 5.26 Å². The summed E-state index contributed by atoms with van der Waals surface area (Å²) in [5.74, 6) is 1.33. The highest BCUT2D eigenvalue weighted by Crippen LogP contribution is 2.37. The fourth-order valence-electron chi connectivity index (χ4n) is 3.95. The van der Waals surface area contributed by atoms with Crippen LogP contribution >= 0.6 is 11.8 Å². The molecule has 3 aromatic carbocycles. The van der Waals surface area contributed by atoms with Crippen molar-refractivity contribution in [2.45, 2.75) is 30.5 Å². The van der Waals surface area contributed by atoms with Gasteiger partial charge < -0.3 is 14.8 Å². The molecule has 0 spiro atoms. The monoisotopic (exact) mass is 523 g/mol. The van der Waals surface area contributed by atoms with Gasteiger partial charge in [0.05, 0.1) is 30.2 Å². The van der Waals surface area contributed by atoms with Crippen LogP contribution in [0.4, 0.5) is 5.69 Å². The third-order valence-corrected chi connectivity index (χ3v) is 7.27. The normalized spacial score (nSPS) is 11.3. The maximum Gasteiger partial charge on any atom is 0.237 e. The third-order valence-electron chi connectivity index (χ3n) is 5.92. The molecule has 1 unspecified atom stereocenters. The van der Waals surface area contributed by atoms with Crippen molar-refractivity contribution in [3.05, 3.63) is 90.5 Å². The van der Waals surface area contributed by atoms with Gasteiger partial charge in [-0.3, -0.25) is 4.79 Å². The summed E-state index contributed by atoms with van der Waals surface area (Å²) >= 11 is 1.31. The summed E-state index contributed by atoms with van der Waals surface area (Å²) in [6.45, 7) is 4.46. The Labute approximate surface area is 227 Å². The number of thioether (sulfide) groups is 1. The fourth-order valence-corrected chi connectivity index (χ4v) is 4.98. The zero-order chi connectivity index (χ0) is 26.9. The minimum atomic E-state index is -0.448. The second-order valence-electron chi connectivity index (χ2n) is 8.40. The molecule has 1 aromatic heterocycles. The van der Waals surface area contributed by atoms with Crippen LogP contribution in [0.15, 0.2) is 90.0 Å². The second kappa shape index (κ2) is 12.8. The highest BCUT2D eigenvalue weighted by atomic mass is 32.2.